The van der Waals surface area contributed by atoms with Crippen molar-refractivity contribution in [2.24, 2.45) is 0 Å². The van der Waals surface area contributed by atoms with E-state index in [0.717, 1.165) is 36.5 Å². The lowest BCUT2D eigenvalue weighted by molar-refractivity contribution is -0.136. The topological polar surface area (TPSA) is 111 Å². The highest BCUT2D eigenvalue weighted by molar-refractivity contribution is 6.23. The molecule has 1 aromatic carbocycles. The molecule has 4 rings (SSSR count). The molecule has 9 heteroatoms. The van der Waals surface area contributed by atoms with E-state index in [9.17, 15) is 19.2 Å². The SMILES string of the molecule is CN(C)C1(CCNCc2ccc3c(c2)C(=O)N(C2CCC(=O)NC2=O)C3=O)CNC1. The van der Waals surface area contributed by atoms with Crippen molar-refractivity contribution >= 4 is 23.6 Å². The molecule has 0 aliphatic carbocycles. The molecule has 0 spiro atoms. The maximum Gasteiger partial charge on any atom is 0.262 e. The number of piperidine rings is 1. The van der Waals surface area contributed by atoms with Crippen molar-refractivity contribution in [3.8, 4) is 0 Å². The minimum atomic E-state index is -0.935. The lowest BCUT2D eigenvalue weighted by atomic mass is 9.87. The highest BCUT2D eigenvalue weighted by Gasteiger charge is 2.44. The number of hydrogen-bond donors (Lipinski definition) is 3. The van der Waals surface area contributed by atoms with Crippen LogP contribution in [0.3, 0.4) is 0 Å². The molecule has 160 valence electrons. The van der Waals surface area contributed by atoms with Crippen molar-refractivity contribution in [3.63, 3.8) is 0 Å². The fraction of sp³-hybridized carbons (Fsp3) is 0.524. The smallest absolute Gasteiger partial charge is 0.262 e. The number of imide groups is 2. The van der Waals surface area contributed by atoms with Crippen molar-refractivity contribution in [3.05, 3.63) is 34.9 Å². The third-order valence-electron chi connectivity index (χ3n) is 6.46. The van der Waals surface area contributed by atoms with Gasteiger partial charge in [-0.3, -0.25) is 29.4 Å². The molecule has 1 aromatic rings. The number of hydrogen-bond acceptors (Lipinski definition) is 7. The van der Waals surface area contributed by atoms with Gasteiger partial charge in [0.05, 0.1) is 11.1 Å². The molecule has 0 bridgehead atoms. The van der Waals surface area contributed by atoms with E-state index in [1.165, 1.54) is 0 Å². The largest absolute Gasteiger partial charge is 0.313 e. The number of benzene rings is 1. The maximum absolute atomic E-state index is 12.9. The first kappa shape index (κ1) is 20.6. The van der Waals surface area contributed by atoms with Crippen molar-refractivity contribution in [1.82, 2.24) is 25.8 Å². The molecule has 3 aliphatic rings. The van der Waals surface area contributed by atoms with Crippen LogP contribution in [0.5, 0.6) is 0 Å². The summed E-state index contributed by atoms with van der Waals surface area (Å²) in [6.45, 7) is 3.39. The van der Waals surface area contributed by atoms with E-state index in [-0.39, 0.29) is 24.3 Å². The zero-order chi connectivity index (χ0) is 21.5. The van der Waals surface area contributed by atoms with E-state index in [0.29, 0.717) is 17.7 Å². The molecule has 0 radical (unpaired) electrons. The molecule has 0 saturated carbocycles. The Morgan fingerprint density at radius 3 is 2.50 bits per heavy atom. The molecule has 4 amide bonds. The van der Waals surface area contributed by atoms with Gasteiger partial charge in [-0.2, -0.15) is 0 Å². The lowest BCUT2D eigenvalue weighted by Crippen LogP contribution is -2.67. The number of carbonyl (C=O) groups is 4. The van der Waals surface area contributed by atoms with Gasteiger partial charge in [0.25, 0.3) is 11.8 Å². The van der Waals surface area contributed by atoms with Crippen LogP contribution in [0.25, 0.3) is 0 Å². The fourth-order valence-corrected chi connectivity index (χ4v) is 4.31. The van der Waals surface area contributed by atoms with Crippen LogP contribution in [-0.2, 0) is 16.1 Å². The van der Waals surface area contributed by atoms with Gasteiger partial charge >= 0.3 is 0 Å². The van der Waals surface area contributed by atoms with Crippen LogP contribution in [0.4, 0.5) is 0 Å². The van der Waals surface area contributed by atoms with E-state index in [1.807, 2.05) is 6.07 Å². The summed E-state index contributed by atoms with van der Waals surface area (Å²) in [5.74, 6) is -1.93. The highest BCUT2D eigenvalue weighted by atomic mass is 16.2. The van der Waals surface area contributed by atoms with Gasteiger partial charge in [-0.05, 0) is 51.2 Å². The zero-order valence-electron chi connectivity index (χ0n) is 17.3. The number of nitrogens with one attached hydrogen (secondary N) is 3. The first-order chi connectivity index (χ1) is 14.3. The minimum absolute atomic E-state index is 0.114. The lowest BCUT2D eigenvalue weighted by Gasteiger charge is -2.48. The average Bonchev–Trinajstić information content (AvgIpc) is 2.91. The Hall–Kier alpha value is -2.62. The molecule has 9 nitrogen and oxygen atoms in total. The predicted octanol–water partition coefficient (Wildman–Crippen LogP) is -0.529. The third kappa shape index (κ3) is 3.53. The van der Waals surface area contributed by atoms with Crippen LogP contribution in [0.1, 0.15) is 45.5 Å². The summed E-state index contributed by atoms with van der Waals surface area (Å²) in [4.78, 5) is 52.4. The molecule has 0 aromatic heterocycles. The molecule has 2 fully saturated rings. The van der Waals surface area contributed by atoms with Crippen molar-refractivity contribution < 1.29 is 19.2 Å². The van der Waals surface area contributed by atoms with Crippen LogP contribution in [-0.4, -0.2) is 78.7 Å². The van der Waals surface area contributed by atoms with Gasteiger partial charge in [-0.25, -0.2) is 0 Å². The first-order valence-electron chi connectivity index (χ1n) is 10.3. The van der Waals surface area contributed by atoms with Crippen LogP contribution in [0.2, 0.25) is 0 Å². The summed E-state index contributed by atoms with van der Waals surface area (Å²) in [5, 5.41) is 8.95. The van der Waals surface area contributed by atoms with Gasteiger partial charge in [-0.1, -0.05) is 6.07 Å². The van der Waals surface area contributed by atoms with Crippen LogP contribution >= 0.6 is 0 Å². The Balaban J connectivity index is 1.39. The molecular formula is C21H27N5O4. The second kappa shape index (κ2) is 7.90. The molecule has 3 aliphatic heterocycles. The van der Waals surface area contributed by atoms with E-state index in [4.69, 9.17) is 0 Å². The maximum atomic E-state index is 12.9. The van der Waals surface area contributed by atoms with Gasteiger partial charge in [0, 0.05) is 31.6 Å². The molecular weight excluding hydrogens is 386 g/mol. The van der Waals surface area contributed by atoms with Crippen LogP contribution in [0.15, 0.2) is 18.2 Å². The Morgan fingerprint density at radius 1 is 1.13 bits per heavy atom. The number of rotatable bonds is 7. The van der Waals surface area contributed by atoms with Gasteiger partial charge in [0.2, 0.25) is 11.8 Å². The Kier molecular flexibility index (Phi) is 5.44. The van der Waals surface area contributed by atoms with Crippen LogP contribution < -0.4 is 16.0 Å². The quantitative estimate of drug-likeness (QED) is 0.407. The molecule has 2 saturated heterocycles. The first-order valence-corrected chi connectivity index (χ1v) is 10.3. The average molecular weight is 413 g/mol. The van der Waals surface area contributed by atoms with E-state index in [2.05, 4.69) is 34.9 Å². The molecule has 3 N–H and O–H groups in total. The number of amides is 4. The third-order valence-corrected chi connectivity index (χ3v) is 6.46. The highest BCUT2D eigenvalue weighted by Crippen LogP contribution is 2.28. The van der Waals surface area contributed by atoms with Gasteiger partial charge in [-0.15, -0.1) is 0 Å². The fourth-order valence-electron chi connectivity index (χ4n) is 4.31. The standard InChI is InChI=1S/C21H27N5O4/c1-25(2)21(11-23-12-21)7-8-22-10-13-3-4-14-15(9-13)20(30)26(19(14)29)16-5-6-17(27)24-18(16)28/h3-4,9,16,22-23H,5-8,10-12H2,1-2H3,(H,24,27,28). The van der Waals surface area contributed by atoms with Crippen LogP contribution in [0, 0.1) is 0 Å². The number of fused-ring (bicyclic) bond motifs is 1. The molecule has 1 atom stereocenters. The molecule has 3 heterocycles. The normalized spacial score (nSPS) is 22.9. The summed E-state index contributed by atoms with van der Waals surface area (Å²) < 4.78 is 0. The Labute approximate surface area is 175 Å². The number of nitrogens with zero attached hydrogens (tertiary/aromatic N) is 2. The van der Waals surface area contributed by atoms with E-state index >= 15 is 0 Å². The summed E-state index contributed by atoms with van der Waals surface area (Å²) in [7, 11) is 4.19. The second-order valence-electron chi connectivity index (χ2n) is 8.48. The van der Waals surface area contributed by atoms with Crippen molar-refractivity contribution in [2.45, 2.75) is 37.4 Å². The molecule has 1 unspecified atom stereocenters. The van der Waals surface area contributed by atoms with Gasteiger partial charge < -0.3 is 15.5 Å². The molecule has 30 heavy (non-hydrogen) atoms. The number of carbonyl (C=O) groups excluding carboxylic acids is 4. The Morgan fingerprint density at radius 2 is 1.87 bits per heavy atom. The van der Waals surface area contributed by atoms with Gasteiger partial charge in [0.15, 0.2) is 0 Å². The van der Waals surface area contributed by atoms with Crippen molar-refractivity contribution in [1.29, 1.82) is 0 Å². The minimum Gasteiger partial charge on any atom is -0.313 e. The van der Waals surface area contributed by atoms with E-state index in [1.54, 1.807) is 12.1 Å². The number of likely N-dealkylation sites (N-methyl/N-ethyl adjacent to an activating group) is 1. The summed E-state index contributed by atoms with van der Waals surface area (Å²) in [6, 6.07) is 4.27. The van der Waals surface area contributed by atoms with Crippen molar-refractivity contribution in [2.75, 3.05) is 33.7 Å². The summed E-state index contributed by atoms with van der Waals surface area (Å²) in [6.07, 6.45) is 1.29. The van der Waals surface area contributed by atoms with E-state index < -0.39 is 23.8 Å². The summed E-state index contributed by atoms with van der Waals surface area (Å²) in [5.41, 5.74) is 1.72. The van der Waals surface area contributed by atoms with Gasteiger partial charge in [0.1, 0.15) is 6.04 Å². The monoisotopic (exact) mass is 413 g/mol. The summed E-state index contributed by atoms with van der Waals surface area (Å²) >= 11 is 0. The zero-order valence-corrected chi connectivity index (χ0v) is 17.3. The Bertz CT molecular complexity index is 909. The predicted molar refractivity (Wildman–Crippen MR) is 109 cm³/mol. The second-order valence-corrected chi connectivity index (χ2v) is 8.48.